The van der Waals surface area contributed by atoms with Crippen LogP contribution < -0.4 is 10.9 Å². The molecule has 7 heteroatoms. The van der Waals surface area contributed by atoms with E-state index >= 15 is 0 Å². The second-order valence-electron chi connectivity index (χ2n) is 5.44. The van der Waals surface area contributed by atoms with Gasteiger partial charge in [0.1, 0.15) is 5.82 Å². The van der Waals surface area contributed by atoms with Gasteiger partial charge in [-0.1, -0.05) is 0 Å². The van der Waals surface area contributed by atoms with Crippen molar-refractivity contribution in [2.75, 3.05) is 6.54 Å². The van der Waals surface area contributed by atoms with Crippen LogP contribution in [-0.2, 0) is 17.6 Å². The number of carbonyl (C=O) groups excluding carboxylic acids is 1. The largest absolute Gasteiger partial charge is 0.356 e. The number of hydrogen-bond acceptors (Lipinski definition) is 4. The minimum absolute atomic E-state index is 0.108. The van der Waals surface area contributed by atoms with Crippen LogP contribution in [-0.4, -0.2) is 22.4 Å². The maximum atomic E-state index is 13.2. The van der Waals surface area contributed by atoms with Crippen molar-refractivity contribution in [2.45, 2.75) is 19.3 Å². The molecule has 0 fully saturated rings. The Bertz CT molecular complexity index is 906. The maximum absolute atomic E-state index is 13.2. The molecule has 2 heterocycles. The minimum Gasteiger partial charge on any atom is -0.356 e. The first-order chi connectivity index (χ1) is 11.6. The van der Waals surface area contributed by atoms with Crippen LogP contribution in [0.4, 0.5) is 4.39 Å². The lowest BCUT2D eigenvalue weighted by molar-refractivity contribution is -0.121. The second-order valence-corrected chi connectivity index (χ2v) is 6.15. The van der Waals surface area contributed by atoms with Gasteiger partial charge in [0.25, 0.3) is 5.56 Å². The summed E-state index contributed by atoms with van der Waals surface area (Å²) in [6.45, 7) is 0.524. The van der Waals surface area contributed by atoms with Gasteiger partial charge in [-0.15, -0.1) is 11.3 Å². The molecule has 0 radical (unpaired) electrons. The van der Waals surface area contributed by atoms with E-state index in [-0.39, 0.29) is 17.9 Å². The highest BCUT2D eigenvalue weighted by Crippen LogP contribution is 2.13. The van der Waals surface area contributed by atoms with Crippen molar-refractivity contribution >= 4 is 28.1 Å². The molecule has 2 aromatic heterocycles. The summed E-state index contributed by atoms with van der Waals surface area (Å²) in [5, 5.41) is 5.51. The molecule has 1 aromatic carbocycles. The molecule has 124 valence electrons. The van der Waals surface area contributed by atoms with E-state index in [1.54, 1.807) is 17.6 Å². The van der Waals surface area contributed by atoms with Gasteiger partial charge in [0, 0.05) is 30.3 Å². The van der Waals surface area contributed by atoms with Crippen molar-refractivity contribution < 1.29 is 9.18 Å². The molecule has 0 aliphatic heterocycles. The Hall–Kier alpha value is -2.54. The Morgan fingerprint density at radius 2 is 2.17 bits per heavy atom. The molecule has 3 rings (SSSR count). The second kappa shape index (κ2) is 7.35. The van der Waals surface area contributed by atoms with Crippen molar-refractivity contribution in [3.8, 4) is 0 Å². The standard InChI is InChI=1S/C17H16FN3O2S/c18-13-3-1-11-7-12(17(23)21-15(11)8-13)2-4-16(22)19-6-5-14-9-24-10-20-14/h1,3,7-10H,2,4-6H2,(H,19,22)(H,21,23). The maximum Gasteiger partial charge on any atom is 0.251 e. The molecule has 0 bridgehead atoms. The molecule has 5 nitrogen and oxygen atoms in total. The van der Waals surface area contributed by atoms with Gasteiger partial charge in [-0.05, 0) is 36.1 Å². The number of nitrogens with zero attached hydrogens (tertiary/aromatic N) is 1. The molecule has 0 aliphatic rings. The summed E-state index contributed by atoms with van der Waals surface area (Å²) in [7, 11) is 0. The third-order valence-corrected chi connectivity index (χ3v) is 4.33. The van der Waals surface area contributed by atoms with Gasteiger partial charge in [0.15, 0.2) is 0 Å². The molecule has 1 amide bonds. The van der Waals surface area contributed by atoms with E-state index < -0.39 is 5.82 Å². The molecule has 0 saturated carbocycles. The smallest absolute Gasteiger partial charge is 0.251 e. The monoisotopic (exact) mass is 345 g/mol. The Morgan fingerprint density at radius 3 is 2.96 bits per heavy atom. The van der Waals surface area contributed by atoms with Gasteiger partial charge >= 0.3 is 0 Å². The molecule has 0 atom stereocenters. The minimum atomic E-state index is -0.398. The van der Waals surface area contributed by atoms with Crippen molar-refractivity contribution in [3.63, 3.8) is 0 Å². The van der Waals surface area contributed by atoms with Gasteiger partial charge in [-0.2, -0.15) is 0 Å². The van der Waals surface area contributed by atoms with Crippen LogP contribution in [0.25, 0.3) is 10.9 Å². The number of pyridine rings is 1. The Morgan fingerprint density at radius 1 is 1.29 bits per heavy atom. The molecular formula is C17H16FN3O2S. The van der Waals surface area contributed by atoms with Crippen LogP contribution in [0.5, 0.6) is 0 Å². The molecule has 2 N–H and O–H groups in total. The number of aromatic amines is 1. The highest BCUT2D eigenvalue weighted by Gasteiger charge is 2.07. The number of carbonyl (C=O) groups is 1. The summed E-state index contributed by atoms with van der Waals surface area (Å²) in [4.78, 5) is 30.7. The number of benzene rings is 1. The van der Waals surface area contributed by atoms with E-state index in [0.29, 0.717) is 30.5 Å². The van der Waals surface area contributed by atoms with Crippen molar-refractivity contribution in [1.82, 2.24) is 15.3 Å². The van der Waals surface area contributed by atoms with Gasteiger partial charge in [-0.25, -0.2) is 9.37 Å². The van der Waals surface area contributed by atoms with E-state index in [1.807, 2.05) is 5.38 Å². The Kier molecular flexibility index (Phi) is 5.00. The van der Waals surface area contributed by atoms with Gasteiger partial charge in [0.05, 0.1) is 16.7 Å². The molecule has 0 saturated heterocycles. The zero-order valence-electron chi connectivity index (χ0n) is 12.8. The summed E-state index contributed by atoms with van der Waals surface area (Å²) in [5.41, 5.74) is 3.40. The summed E-state index contributed by atoms with van der Waals surface area (Å²) >= 11 is 1.52. The molecule has 0 aliphatic carbocycles. The lowest BCUT2D eigenvalue weighted by Crippen LogP contribution is -2.26. The number of rotatable bonds is 6. The molecule has 0 spiro atoms. The average Bonchev–Trinajstić information content (AvgIpc) is 3.06. The van der Waals surface area contributed by atoms with Crippen molar-refractivity contribution in [3.05, 3.63) is 62.6 Å². The first-order valence-corrected chi connectivity index (χ1v) is 8.51. The van der Waals surface area contributed by atoms with E-state index in [1.165, 1.54) is 23.5 Å². The van der Waals surface area contributed by atoms with Crippen molar-refractivity contribution in [1.29, 1.82) is 0 Å². The SMILES string of the molecule is O=C(CCc1cc2ccc(F)cc2[nH]c1=O)NCCc1cscn1. The topological polar surface area (TPSA) is 74.8 Å². The zero-order chi connectivity index (χ0) is 16.9. The number of fused-ring (bicyclic) bond motifs is 1. The highest BCUT2D eigenvalue weighted by atomic mass is 32.1. The number of amides is 1. The third-order valence-electron chi connectivity index (χ3n) is 3.69. The van der Waals surface area contributed by atoms with Crippen LogP contribution >= 0.6 is 11.3 Å². The highest BCUT2D eigenvalue weighted by molar-refractivity contribution is 7.07. The predicted octanol–water partition coefficient (Wildman–Crippen LogP) is 2.42. The number of hydrogen-bond donors (Lipinski definition) is 2. The van der Waals surface area contributed by atoms with Crippen LogP contribution in [0.1, 0.15) is 17.7 Å². The first-order valence-electron chi connectivity index (χ1n) is 7.57. The number of H-pyrrole nitrogens is 1. The average molecular weight is 345 g/mol. The van der Waals surface area contributed by atoms with E-state index in [9.17, 15) is 14.0 Å². The predicted molar refractivity (Wildman–Crippen MR) is 91.7 cm³/mol. The normalized spacial score (nSPS) is 10.9. The van der Waals surface area contributed by atoms with E-state index in [2.05, 4.69) is 15.3 Å². The summed E-state index contributed by atoms with van der Waals surface area (Å²) in [6, 6.07) is 5.94. The number of aryl methyl sites for hydroxylation is 1. The number of thiazole rings is 1. The van der Waals surface area contributed by atoms with Crippen LogP contribution in [0, 0.1) is 5.82 Å². The fraction of sp³-hybridized carbons (Fsp3) is 0.235. The lowest BCUT2D eigenvalue weighted by atomic mass is 10.1. The summed E-state index contributed by atoms with van der Waals surface area (Å²) in [5.74, 6) is -0.505. The van der Waals surface area contributed by atoms with Gasteiger partial charge in [0.2, 0.25) is 5.91 Å². The third kappa shape index (κ3) is 4.05. The first kappa shape index (κ1) is 16.3. The van der Waals surface area contributed by atoms with Crippen LogP contribution in [0.15, 0.2) is 40.0 Å². The summed E-state index contributed by atoms with van der Waals surface area (Å²) in [6.07, 6.45) is 1.26. The molecular weight excluding hydrogens is 329 g/mol. The quantitative estimate of drug-likeness (QED) is 0.720. The van der Waals surface area contributed by atoms with E-state index in [4.69, 9.17) is 0 Å². The number of halogens is 1. The fourth-order valence-electron chi connectivity index (χ4n) is 2.43. The Labute approximate surface area is 141 Å². The molecule has 0 unspecified atom stereocenters. The molecule has 24 heavy (non-hydrogen) atoms. The van der Waals surface area contributed by atoms with Crippen LogP contribution in [0.3, 0.4) is 0 Å². The van der Waals surface area contributed by atoms with E-state index in [0.717, 1.165) is 11.1 Å². The fourth-order valence-corrected chi connectivity index (χ4v) is 3.02. The zero-order valence-corrected chi connectivity index (χ0v) is 13.7. The van der Waals surface area contributed by atoms with Crippen molar-refractivity contribution in [2.24, 2.45) is 0 Å². The Balaban J connectivity index is 1.56. The molecule has 3 aromatic rings. The number of nitrogens with one attached hydrogen (secondary N) is 2. The van der Waals surface area contributed by atoms with Gasteiger partial charge in [-0.3, -0.25) is 9.59 Å². The number of aromatic nitrogens is 2. The van der Waals surface area contributed by atoms with Crippen LogP contribution in [0.2, 0.25) is 0 Å². The summed E-state index contributed by atoms with van der Waals surface area (Å²) < 4.78 is 13.2. The van der Waals surface area contributed by atoms with Gasteiger partial charge < -0.3 is 10.3 Å². The lowest BCUT2D eigenvalue weighted by Gasteiger charge is -2.05.